The normalized spacial score (nSPS) is 10.8. The van der Waals surface area contributed by atoms with E-state index in [1.165, 1.54) is 6.08 Å². The first kappa shape index (κ1) is 14.3. The van der Waals surface area contributed by atoms with Gasteiger partial charge < -0.3 is 4.74 Å². The van der Waals surface area contributed by atoms with Gasteiger partial charge in [0.25, 0.3) is 0 Å². The lowest BCUT2D eigenvalue weighted by Crippen LogP contribution is -2.07. The van der Waals surface area contributed by atoms with Crippen molar-refractivity contribution in [1.82, 2.24) is 0 Å². The molecular formula is C14H14ClNO2. The molecule has 3 nitrogen and oxygen atoms in total. The van der Waals surface area contributed by atoms with E-state index >= 15 is 0 Å². The van der Waals surface area contributed by atoms with E-state index in [4.69, 9.17) is 21.6 Å². The Labute approximate surface area is 112 Å². The first-order valence-electron chi connectivity index (χ1n) is 5.72. The van der Waals surface area contributed by atoms with E-state index in [9.17, 15) is 4.79 Å². The Morgan fingerprint density at radius 1 is 1.50 bits per heavy atom. The molecule has 1 aromatic carbocycles. The minimum atomic E-state index is -0.606. The van der Waals surface area contributed by atoms with Gasteiger partial charge >= 0.3 is 5.97 Å². The molecule has 1 rings (SSSR count). The molecule has 94 valence electrons. The molecule has 0 N–H and O–H groups in total. The predicted molar refractivity (Wildman–Crippen MR) is 70.9 cm³/mol. The number of nitrogens with zero attached hydrogens (tertiary/aromatic N) is 1. The highest BCUT2D eigenvalue weighted by molar-refractivity contribution is 6.32. The molecule has 0 aliphatic rings. The number of ether oxygens (including phenoxy) is 1. The molecule has 0 aromatic heterocycles. The Balaban J connectivity index is 2.81. The number of unbranched alkanes of at least 4 members (excludes halogenated alkanes) is 1. The summed E-state index contributed by atoms with van der Waals surface area (Å²) in [7, 11) is 0. The van der Waals surface area contributed by atoms with Crippen LogP contribution >= 0.6 is 11.6 Å². The molecule has 0 bridgehead atoms. The summed E-state index contributed by atoms with van der Waals surface area (Å²) in [5.74, 6) is -0.606. The van der Waals surface area contributed by atoms with E-state index < -0.39 is 5.97 Å². The molecular weight excluding hydrogens is 250 g/mol. The van der Waals surface area contributed by atoms with Crippen LogP contribution in [0.5, 0.6) is 0 Å². The van der Waals surface area contributed by atoms with Gasteiger partial charge in [-0.15, -0.1) is 0 Å². The second kappa shape index (κ2) is 7.52. The molecule has 0 atom stereocenters. The highest BCUT2D eigenvalue weighted by Crippen LogP contribution is 2.18. The SMILES string of the molecule is CCCCOC(=O)/C(C#N)=C/c1ccccc1Cl. The van der Waals surface area contributed by atoms with E-state index in [1.54, 1.807) is 24.3 Å². The Morgan fingerprint density at radius 3 is 2.83 bits per heavy atom. The van der Waals surface area contributed by atoms with Crippen LogP contribution in [0.4, 0.5) is 0 Å². The van der Waals surface area contributed by atoms with Gasteiger partial charge in [0.15, 0.2) is 0 Å². The van der Waals surface area contributed by atoms with E-state index in [0.717, 1.165) is 12.8 Å². The van der Waals surface area contributed by atoms with Crippen molar-refractivity contribution in [3.63, 3.8) is 0 Å². The van der Waals surface area contributed by atoms with Crippen LogP contribution < -0.4 is 0 Å². The fourth-order valence-corrected chi connectivity index (χ4v) is 1.46. The van der Waals surface area contributed by atoms with Crippen molar-refractivity contribution in [2.24, 2.45) is 0 Å². The van der Waals surface area contributed by atoms with Gasteiger partial charge in [0.05, 0.1) is 6.61 Å². The Hall–Kier alpha value is -1.79. The maximum absolute atomic E-state index is 11.6. The van der Waals surface area contributed by atoms with Gasteiger partial charge in [-0.25, -0.2) is 4.79 Å². The van der Waals surface area contributed by atoms with Crippen molar-refractivity contribution in [3.8, 4) is 6.07 Å². The summed E-state index contributed by atoms with van der Waals surface area (Å²) in [5, 5.41) is 9.44. The van der Waals surface area contributed by atoms with Gasteiger partial charge in [-0.2, -0.15) is 5.26 Å². The zero-order chi connectivity index (χ0) is 13.4. The van der Waals surface area contributed by atoms with Crippen LogP contribution in [0.2, 0.25) is 5.02 Å². The molecule has 0 aliphatic heterocycles. The standard InChI is InChI=1S/C14H14ClNO2/c1-2-3-8-18-14(17)12(10-16)9-11-6-4-5-7-13(11)15/h4-7,9H,2-3,8H2,1H3/b12-9+. The van der Waals surface area contributed by atoms with Crippen molar-refractivity contribution in [3.05, 3.63) is 40.4 Å². The van der Waals surface area contributed by atoms with E-state index in [0.29, 0.717) is 17.2 Å². The zero-order valence-electron chi connectivity index (χ0n) is 10.1. The molecule has 0 heterocycles. The number of benzene rings is 1. The van der Waals surface area contributed by atoms with Crippen molar-refractivity contribution < 1.29 is 9.53 Å². The average molecular weight is 264 g/mol. The summed E-state index contributed by atoms with van der Waals surface area (Å²) in [6.07, 6.45) is 3.16. The molecule has 0 saturated heterocycles. The molecule has 0 saturated carbocycles. The molecule has 0 spiro atoms. The molecule has 18 heavy (non-hydrogen) atoms. The first-order chi connectivity index (χ1) is 8.69. The van der Waals surface area contributed by atoms with Crippen molar-refractivity contribution in [2.75, 3.05) is 6.61 Å². The van der Waals surface area contributed by atoms with Crippen LogP contribution in [-0.2, 0) is 9.53 Å². The lowest BCUT2D eigenvalue weighted by atomic mass is 10.1. The average Bonchev–Trinajstić information content (AvgIpc) is 2.38. The van der Waals surface area contributed by atoms with Crippen LogP contribution in [-0.4, -0.2) is 12.6 Å². The van der Waals surface area contributed by atoms with Gasteiger partial charge in [0, 0.05) is 5.02 Å². The Morgan fingerprint density at radius 2 is 2.22 bits per heavy atom. The summed E-state index contributed by atoms with van der Waals surface area (Å²) in [5.41, 5.74) is 0.586. The molecule has 0 fully saturated rings. The van der Waals surface area contributed by atoms with E-state index in [-0.39, 0.29) is 5.57 Å². The minimum absolute atomic E-state index is 0.0424. The Bertz CT molecular complexity index is 489. The smallest absolute Gasteiger partial charge is 0.348 e. The number of carbonyl (C=O) groups is 1. The zero-order valence-corrected chi connectivity index (χ0v) is 10.9. The summed E-state index contributed by atoms with van der Waals surface area (Å²) in [6.45, 7) is 2.33. The summed E-state index contributed by atoms with van der Waals surface area (Å²) < 4.78 is 4.97. The maximum Gasteiger partial charge on any atom is 0.348 e. The van der Waals surface area contributed by atoms with Crippen molar-refractivity contribution in [2.45, 2.75) is 19.8 Å². The first-order valence-corrected chi connectivity index (χ1v) is 6.10. The lowest BCUT2D eigenvalue weighted by molar-refractivity contribution is -0.138. The molecule has 0 amide bonds. The molecule has 0 unspecified atom stereocenters. The second-order valence-electron chi connectivity index (χ2n) is 3.68. The summed E-state index contributed by atoms with van der Waals surface area (Å²) in [6, 6.07) is 8.84. The number of halogens is 1. The summed E-state index contributed by atoms with van der Waals surface area (Å²) in [4.78, 5) is 11.6. The van der Waals surface area contributed by atoms with Gasteiger partial charge in [0.2, 0.25) is 0 Å². The minimum Gasteiger partial charge on any atom is -0.462 e. The molecule has 0 radical (unpaired) electrons. The van der Waals surface area contributed by atoms with Gasteiger partial charge in [0.1, 0.15) is 11.6 Å². The van der Waals surface area contributed by atoms with Crippen LogP contribution in [0.15, 0.2) is 29.8 Å². The van der Waals surface area contributed by atoms with Gasteiger partial charge in [-0.1, -0.05) is 43.1 Å². The fraction of sp³-hybridized carbons (Fsp3) is 0.286. The predicted octanol–water partition coefficient (Wildman–Crippen LogP) is 3.59. The highest BCUT2D eigenvalue weighted by atomic mass is 35.5. The van der Waals surface area contributed by atoms with Crippen LogP contribution in [0, 0.1) is 11.3 Å². The number of hydrogen-bond donors (Lipinski definition) is 0. The topological polar surface area (TPSA) is 50.1 Å². The fourth-order valence-electron chi connectivity index (χ4n) is 1.27. The number of esters is 1. The van der Waals surface area contributed by atoms with Gasteiger partial charge in [-0.3, -0.25) is 0 Å². The third kappa shape index (κ3) is 4.23. The van der Waals surface area contributed by atoms with E-state index in [1.807, 2.05) is 13.0 Å². The number of carbonyl (C=O) groups excluding carboxylic acids is 1. The monoisotopic (exact) mass is 263 g/mol. The molecule has 4 heteroatoms. The quantitative estimate of drug-likeness (QED) is 0.353. The molecule has 0 aliphatic carbocycles. The van der Waals surface area contributed by atoms with Crippen LogP contribution in [0.3, 0.4) is 0 Å². The number of rotatable bonds is 5. The van der Waals surface area contributed by atoms with E-state index in [2.05, 4.69) is 0 Å². The van der Waals surface area contributed by atoms with Crippen LogP contribution in [0.25, 0.3) is 6.08 Å². The van der Waals surface area contributed by atoms with Crippen LogP contribution in [0.1, 0.15) is 25.3 Å². The van der Waals surface area contributed by atoms with Crippen molar-refractivity contribution in [1.29, 1.82) is 5.26 Å². The van der Waals surface area contributed by atoms with Crippen molar-refractivity contribution >= 4 is 23.6 Å². The highest BCUT2D eigenvalue weighted by Gasteiger charge is 2.11. The molecule has 1 aromatic rings. The Kier molecular flexibility index (Phi) is 5.96. The number of nitriles is 1. The summed E-state index contributed by atoms with van der Waals surface area (Å²) >= 11 is 5.95. The van der Waals surface area contributed by atoms with Gasteiger partial charge in [-0.05, 0) is 24.1 Å². The number of hydrogen-bond acceptors (Lipinski definition) is 3. The maximum atomic E-state index is 11.6. The second-order valence-corrected chi connectivity index (χ2v) is 4.09. The lowest BCUT2D eigenvalue weighted by Gasteiger charge is -2.03. The largest absolute Gasteiger partial charge is 0.462 e. The third-order valence-corrected chi connectivity index (χ3v) is 2.62. The third-order valence-electron chi connectivity index (χ3n) is 2.28.